The van der Waals surface area contributed by atoms with Gasteiger partial charge in [-0.25, -0.2) is 0 Å². The smallest absolute Gasteiger partial charge is 0.211 e. The quantitative estimate of drug-likeness (QED) is 0.692. The molecule has 1 aliphatic carbocycles. The van der Waals surface area contributed by atoms with Crippen molar-refractivity contribution in [3.05, 3.63) is 46.8 Å². The van der Waals surface area contributed by atoms with E-state index in [9.17, 15) is 14.7 Å². The molecule has 1 aliphatic heterocycles. The predicted octanol–water partition coefficient (Wildman–Crippen LogP) is 1.06. The molecule has 25 heavy (non-hydrogen) atoms. The fourth-order valence-electron chi connectivity index (χ4n) is 3.34. The standard InChI is InChI=1S/C19H25N3O3/c1-19(25)7-11-22(12-8-19)10-4-9-21-16-15(20)17(23)13-5-2-3-6-14(13)18(16)24/h2-3,5-6,21,25H,4,7-12,20H2,1H3. The van der Waals surface area contributed by atoms with Crippen LogP contribution < -0.4 is 11.1 Å². The zero-order valence-electron chi connectivity index (χ0n) is 14.5. The lowest BCUT2D eigenvalue weighted by atomic mass is 9.90. The highest BCUT2D eigenvalue weighted by molar-refractivity contribution is 6.26. The fourth-order valence-corrected chi connectivity index (χ4v) is 3.34. The van der Waals surface area contributed by atoms with Crippen LogP contribution in [0.5, 0.6) is 0 Å². The minimum atomic E-state index is -0.545. The van der Waals surface area contributed by atoms with Crippen LogP contribution in [-0.4, -0.2) is 53.4 Å². The van der Waals surface area contributed by atoms with E-state index in [1.807, 2.05) is 6.92 Å². The number of allylic oxidation sites excluding steroid dienone is 2. The number of carbonyl (C=O) groups excluding carboxylic acids is 2. The van der Waals surface area contributed by atoms with E-state index >= 15 is 0 Å². The van der Waals surface area contributed by atoms with Crippen LogP contribution in [0.3, 0.4) is 0 Å². The van der Waals surface area contributed by atoms with E-state index in [2.05, 4.69) is 10.2 Å². The summed E-state index contributed by atoms with van der Waals surface area (Å²) in [7, 11) is 0. The normalized spacial score (nSPS) is 20.6. The molecule has 0 unspecified atom stereocenters. The number of rotatable bonds is 5. The number of piperidine rings is 1. The van der Waals surface area contributed by atoms with Crippen molar-refractivity contribution >= 4 is 11.6 Å². The van der Waals surface area contributed by atoms with E-state index in [0.717, 1.165) is 38.9 Å². The van der Waals surface area contributed by atoms with Crippen molar-refractivity contribution in [1.82, 2.24) is 10.2 Å². The summed E-state index contributed by atoms with van der Waals surface area (Å²) < 4.78 is 0. The van der Waals surface area contributed by atoms with Crippen LogP contribution in [0.25, 0.3) is 0 Å². The van der Waals surface area contributed by atoms with E-state index in [1.165, 1.54) is 0 Å². The summed E-state index contributed by atoms with van der Waals surface area (Å²) >= 11 is 0. The SMILES string of the molecule is CC1(O)CCN(CCCNC2=C(N)C(=O)c3ccccc3C2=O)CC1. The molecule has 1 saturated heterocycles. The molecule has 1 aromatic rings. The molecule has 1 aromatic carbocycles. The van der Waals surface area contributed by atoms with E-state index < -0.39 is 5.60 Å². The Hall–Kier alpha value is -2.18. The van der Waals surface area contributed by atoms with Crippen LogP contribution in [-0.2, 0) is 0 Å². The molecule has 0 aromatic heterocycles. The van der Waals surface area contributed by atoms with Gasteiger partial charge in [-0.05, 0) is 32.7 Å². The van der Waals surface area contributed by atoms with Gasteiger partial charge >= 0.3 is 0 Å². The van der Waals surface area contributed by atoms with Gasteiger partial charge in [-0.15, -0.1) is 0 Å². The van der Waals surface area contributed by atoms with E-state index in [-0.39, 0.29) is 23.0 Å². The topological polar surface area (TPSA) is 95.7 Å². The Kier molecular flexibility index (Phi) is 4.92. The maximum atomic E-state index is 12.5. The van der Waals surface area contributed by atoms with Crippen molar-refractivity contribution in [2.24, 2.45) is 5.73 Å². The van der Waals surface area contributed by atoms with Gasteiger partial charge < -0.3 is 21.1 Å². The molecule has 0 bridgehead atoms. The van der Waals surface area contributed by atoms with Gasteiger partial charge in [0.15, 0.2) is 0 Å². The molecule has 1 heterocycles. The number of hydrogen-bond acceptors (Lipinski definition) is 6. The number of nitrogens with zero attached hydrogens (tertiary/aromatic N) is 1. The summed E-state index contributed by atoms with van der Waals surface area (Å²) in [5.41, 5.74) is 6.33. The van der Waals surface area contributed by atoms with Crippen molar-refractivity contribution in [3.63, 3.8) is 0 Å². The lowest BCUT2D eigenvalue weighted by molar-refractivity contribution is -0.00536. The molecule has 1 fully saturated rings. The van der Waals surface area contributed by atoms with Crippen LogP contribution in [0.1, 0.15) is 46.9 Å². The van der Waals surface area contributed by atoms with E-state index in [1.54, 1.807) is 24.3 Å². The maximum absolute atomic E-state index is 12.5. The molecule has 134 valence electrons. The highest BCUT2D eigenvalue weighted by Gasteiger charge is 2.30. The Morgan fingerprint density at radius 3 is 2.40 bits per heavy atom. The highest BCUT2D eigenvalue weighted by atomic mass is 16.3. The number of benzene rings is 1. The fraction of sp³-hybridized carbons (Fsp3) is 0.474. The average molecular weight is 343 g/mol. The number of nitrogens with one attached hydrogen (secondary N) is 1. The van der Waals surface area contributed by atoms with Crippen molar-refractivity contribution < 1.29 is 14.7 Å². The molecule has 0 amide bonds. The van der Waals surface area contributed by atoms with Gasteiger partial charge in [-0.1, -0.05) is 24.3 Å². The first-order chi connectivity index (χ1) is 11.9. The number of carbonyl (C=O) groups is 2. The monoisotopic (exact) mass is 343 g/mol. The second-order valence-electron chi connectivity index (χ2n) is 7.11. The second-order valence-corrected chi connectivity index (χ2v) is 7.11. The molecule has 6 nitrogen and oxygen atoms in total. The summed E-state index contributed by atoms with van der Waals surface area (Å²) in [6.45, 7) is 5.09. The first kappa shape index (κ1) is 17.6. The van der Waals surface area contributed by atoms with E-state index in [0.29, 0.717) is 17.7 Å². The zero-order valence-corrected chi connectivity index (χ0v) is 14.5. The molecule has 3 rings (SSSR count). The largest absolute Gasteiger partial charge is 0.394 e. The Bertz CT molecular complexity index is 714. The highest BCUT2D eigenvalue weighted by Crippen LogP contribution is 2.23. The van der Waals surface area contributed by atoms with Gasteiger partial charge in [0, 0.05) is 30.8 Å². The van der Waals surface area contributed by atoms with Gasteiger partial charge in [0.2, 0.25) is 11.6 Å². The van der Waals surface area contributed by atoms with Crippen molar-refractivity contribution in [3.8, 4) is 0 Å². The first-order valence-electron chi connectivity index (χ1n) is 8.76. The summed E-state index contributed by atoms with van der Waals surface area (Å²) in [4.78, 5) is 27.2. The van der Waals surface area contributed by atoms with Crippen molar-refractivity contribution in [2.75, 3.05) is 26.2 Å². The molecule has 2 aliphatic rings. The van der Waals surface area contributed by atoms with Gasteiger partial charge in [0.1, 0.15) is 11.4 Å². The van der Waals surface area contributed by atoms with Crippen LogP contribution in [0.15, 0.2) is 35.7 Å². The Balaban J connectivity index is 1.54. The number of ketones is 2. The number of likely N-dealkylation sites (tertiary alicyclic amines) is 1. The summed E-state index contributed by atoms with van der Waals surface area (Å²) in [6, 6.07) is 6.76. The number of nitrogens with two attached hydrogens (primary N) is 1. The molecule has 4 N–H and O–H groups in total. The third kappa shape index (κ3) is 3.75. The minimum absolute atomic E-state index is 0.00211. The molecule has 0 atom stereocenters. The van der Waals surface area contributed by atoms with Gasteiger partial charge in [-0.3, -0.25) is 9.59 Å². The predicted molar refractivity (Wildman–Crippen MR) is 95.2 cm³/mol. The third-order valence-corrected chi connectivity index (χ3v) is 5.04. The molecular weight excluding hydrogens is 318 g/mol. The van der Waals surface area contributed by atoms with Gasteiger partial charge in [0.25, 0.3) is 0 Å². The molecule has 6 heteroatoms. The second kappa shape index (κ2) is 6.98. The number of aliphatic hydroxyl groups is 1. The minimum Gasteiger partial charge on any atom is -0.394 e. The zero-order chi connectivity index (χ0) is 18.0. The summed E-state index contributed by atoms with van der Waals surface area (Å²) in [6.07, 6.45) is 2.40. The van der Waals surface area contributed by atoms with Crippen molar-refractivity contribution in [2.45, 2.75) is 31.8 Å². The van der Waals surface area contributed by atoms with E-state index in [4.69, 9.17) is 5.73 Å². The molecule has 0 radical (unpaired) electrons. The lowest BCUT2D eigenvalue weighted by Crippen LogP contribution is -2.43. The lowest BCUT2D eigenvalue weighted by Gasteiger charge is -2.35. The molecular formula is C19H25N3O3. The summed E-state index contributed by atoms with van der Waals surface area (Å²) in [5.74, 6) is -0.516. The molecule has 0 saturated carbocycles. The van der Waals surface area contributed by atoms with Crippen LogP contribution >= 0.6 is 0 Å². The van der Waals surface area contributed by atoms with Gasteiger partial charge in [0.05, 0.1) is 5.60 Å². The van der Waals surface area contributed by atoms with Crippen molar-refractivity contribution in [1.29, 1.82) is 0 Å². The number of Topliss-reactive ketones (excluding diaryl/α,β-unsaturated/α-hetero) is 2. The Morgan fingerprint density at radius 2 is 1.76 bits per heavy atom. The van der Waals surface area contributed by atoms with Crippen LogP contribution in [0, 0.1) is 0 Å². The Labute approximate surface area is 147 Å². The summed E-state index contributed by atoms with van der Waals surface area (Å²) in [5, 5.41) is 13.0. The maximum Gasteiger partial charge on any atom is 0.211 e. The Morgan fingerprint density at radius 1 is 1.16 bits per heavy atom. The number of hydrogen-bond donors (Lipinski definition) is 3. The van der Waals surface area contributed by atoms with Crippen LogP contribution in [0.2, 0.25) is 0 Å². The average Bonchev–Trinajstić information content (AvgIpc) is 2.60. The molecule has 0 spiro atoms. The third-order valence-electron chi connectivity index (χ3n) is 5.04. The van der Waals surface area contributed by atoms with Gasteiger partial charge in [-0.2, -0.15) is 0 Å². The number of fused-ring (bicyclic) bond motifs is 1. The first-order valence-corrected chi connectivity index (χ1v) is 8.76. The van der Waals surface area contributed by atoms with Crippen LogP contribution in [0.4, 0.5) is 0 Å².